The molecule has 3 N–H and O–H groups in total. The summed E-state index contributed by atoms with van der Waals surface area (Å²) < 4.78 is 0. The predicted molar refractivity (Wildman–Crippen MR) is 104 cm³/mol. The van der Waals surface area contributed by atoms with Gasteiger partial charge in [-0.3, -0.25) is 24.5 Å². The number of imide groups is 1. The van der Waals surface area contributed by atoms with Crippen LogP contribution in [0.3, 0.4) is 0 Å². The largest absolute Gasteiger partial charge is 0.322 e. The molecule has 0 radical (unpaired) electrons. The smallest absolute Gasteiger partial charge is 0.300 e. The molecule has 0 bridgehead atoms. The zero-order valence-corrected chi connectivity index (χ0v) is 15.9. The van der Waals surface area contributed by atoms with Crippen molar-refractivity contribution in [2.75, 3.05) is 18.4 Å². The van der Waals surface area contributed by atoms with E-state index < -0.39 is 11.9 Å². The first-order chi connectivity index (χ1) is 14.0. The lowest BCUT2D eigenvalue weighted by atomic mass is 9.99. The highest BCUT2D eigenvalue weighted by atomic mass is 16.2. The fourth-order valence-electron chi connectivity index (χ4n) is 3.95. The van der Waals surface area contributed by atoms with E-state index in [0.717, 1.165) is 31.5 Å². The molecule has 0 spiro atoms. The molecular formula is C21H22N4O4. The van der Waals surface area contributed by atoms with Gasteiger partial charge in [-0.2, -0.15) is 0 Å². The van der Waals surface area contributed by atoms with Gasteiger partial charge in [-0.25, -0.2) is 0 Å². The molecule has 0 saturated carbocycles. The third-order valence-corrected chi connectivity index (χ3v) is 5.51. The van der Waals surface area contributed by atoms with Crippen molar-refractivity contribution in [1.82, 2.24) is 15.5 Å². The Morgan fingerprint density at radius 1 is 1.14 bits per heavy atom. The summed E-state index contributed by atoms with van der Waals surface area (Å²) in [5.41, 5.74) is 1.81. The summed E-state index contributed by atoms with van der Waals surface area (Å²) in [5, 5.41) is 8.30. The second kappa shape index (κ2) is 8.05. The number of amides is 4. The van der Waals surface area contributed by atoms with Crippen molar-refractivity contribution in [3.63, 3.8) is 0 Å². The lowest BCUT2D eigenvalue weighted by Gasteiger charge is -2.29. The van der Waals surface area contributed by atoms with Gasteiger partial charge in [0.25, 0.3) is 11.8 Å². The number of piperidine rings is 2. The third-order valence-electron chi connectivity index (χ3n) is 5.51. The van der Waals surface area contributed by atoms with E-state index in [-0.39, 0.29) is 36.6 Å². The number of hydrogen-bond donors (Lipinski definition) is 3. The van der Waals surface area contributed by atoms with E-state index in [4.69, 9.17) is 0 Å². The first-order valence-electron chi connectivity index (χ1n) is 9.82. The van der Waals surface area contributed by atoms with Gasteiger partial charge in [0.2, 0.25) is 11.8 Å². The average molecular weight is 394 g/mol. The Bertz CT molecular complexity index is 940. The molecule has 1 aromatic carbocycles. The molecule has 8 heteroatoms. The normalized spacial score (nSPS) is 21.9. The van der Waals surface area contributed by atoms with Crippen molar-refractivity contribution in [3.8, 4) is 11.8 Å². The van der Waals surface area contributed by atoms with Gasteiger partial charge in [-0.05, 0) is 62.0 Å². The zero-order chi connectivity index (χ0) is 20.4. The molecule has 2 fully saturated rings. The molecule has 1 unspecified atom stereocenters. The highest BCUT2D eigenvalue weighted by Crippen LogP contribution is 2.29. The molecule has 4 rings (SSSR count). The second-order valence-corrected chi connectivity index (χ2v) is 7.52. The van der Waals surface area contributed by atoms with Crippen LogP contribution in [0.5, 0.6) is 0 Å². The van der Waals surface area contributed by atoms with Crippen LogP contribution in [0.4, 0.5) is 5.69 Å². The number of benzene rings is 1. The number of carbonyl (C=O) groups excluding carboxylic acids is 4. The first kappa shape index (κ1) is 19.2. The minimum absolute atomic E-state index is 0.216. The summed E-state index contributed by atoms with van der Waals surface area (Å²) in [4.78, 5) is 49.8. The topological polar surface area (TPSA) is 108 Å². The maximum absolute atomic E-state index is 12.7. The Balaban J connectivity index is 1.42. The second-order valence-electron chi connectivity index (χ2n) is 7.52. The van der Waals surface area contributed by atoms with Gasteiger partial charge in [0.05, 0.1) is 0 Å². The fourth-order valence-corrected chi connectivity index (χ4v) is 3.95. The number of fused-ring (bicyclic) bond motifs is 1. The van der Waals surface area contributed by atoms with E-state index in [1.165, 1.54) is 4.90 Å². The Kier molecular flexibility index (Phi) is 5.32. The first-order valence-corrected chi connectivity index (χ1v) is 9.82. The molecule has 3 aliphatic heterocycles. The Morgan fingerprint density at radius 2 is 1.93 bits per heavy atom. The van der Waals surface area contributed by atoms with Crippen LogP contribution in [0.15, 0.2) is 18.2 Å². The molecular weight excluding hydrogens is 372 g/mol. The Labute approximate surface area is 168 Å². The van der Waals surface area contributed by atoms with E-state index in [0.29, 0.717) is 17.7 Å². The summed E-state index contributed by atoms with van der Waals surface area (Å²) in [6, 6.07) is 4.40. The number of anilines is 1. The summed E-state index contributed by atoms with van der Waals surface area (Å²) in [7, 11) is 0. The molecule has 8 nitrogen and oxygen atoms in total. The predicted octanol–water partition coefficient (Wildman–Crippen LogP) is 0.389. The molecule has 150 valence electrons. The fraction of sp³-hybridized carbons (Fsp3) is 0.429. The van der Waals surface area contributed by atoms with E-state index in [1.807, 2.05) is 0 Å². The lowest BCUT2D eigenvalue weighted by Crippen LogP contribution is -2.52. The Morgan fingerprint density at radius 3 is 2.69 bits per heavy atom. The van der Waals surface area contributed by atoms with Gasteiger partial charge in [-0.15, -0.1) is 0 Å². The van der Waals surface area contributed by atoms with Crippen molar-refractivity contribution < 1.29 is 19.2 Å². The van der Waals surface area contributed by atoms with Crippen LogP contribution in [0, 0.1) is 17.8 Å². The van der Waals surface area contributed by atoms with E-state index in [2.05, 4.69) is 27.8 Å². The van der Waals surface area contributed by atoms with Gasteiger partial charge >= 0.3 is 0 Å². The molecule has 3 aliphatic rings. The van der Waals surface area contributed by atoms with Crippen molar-refractivity contribution in [2.45, 2.75) is 38.3 Å². The van der Waals surface area contributed by atoms with Crippen LogP contribution in [0.1, 0.15) is 41.6 Å². The number of nitrogens with one attached hydrogen (secondary N) is 3. The van der Waals surface area contributed by atoms with Gasteiger partial charge in [0.15, 0.2) is 0 Å². The summed E-state index contributed by atoms with van der Waals surface area (Å²) in [5.74, 6) is 4.55. The van der Waals surface area contributed by atoms with Crippen LogP contribution in [-0.2, 0) is 20.9 Å². The minimum atomic E-state index is -0.651. The quantitative estimate of drug-likeness (QED) is 0.497. The van der Waals surface area contributed by atoms with Crippen molar-refractivity contribution in [2.24, 2.45) is 5.92 Å². The molecule has 1 atom stereocenters. The maximum atomic E-state index is 12.7. The maximum Gasteiger partial charge on any atom is 0.300 e. The van der Waals surface area contributed by atoms with Crippen molar-refractivity contribution in [3.05, 3.63) is 29.3 Å². The summed E-state index contributed by atoms with van der Waals surface area (Å²) in [6.07, 6.45) is 2.42. The van der Waals surface area contributed by atoms with Crippen LogP contribution in [0.25, 0.3) is 0 Å². The van der Waals surface area contributed by atoms with Gasteiger partial charge < -0.3 is 15.5 Å². The van der Waals surface area contributed by atoms with Crippen LogP contribution < -0.4 is 16.0 Å². The van der Waals surface area contributed by atoms with Crippen LogP contribution >= 0.6 is 0 Å². The van der Waals surface area contributed by atoms with Gasteiger partial charge in [-0.1, -0.05) is 5.92 Å². The van der Waals surface area contributed by atoms with Crippen molar-refractivity contribution in [1.29, 1.82) is 0 Å². The van der Waals surface area contributed by atoms with E-state index >= 15 is 0 Å². The van der Waals surface area contributed by atoms with Crippen LogP contribution in [0.2, 0.25) is 0 Å². The van der Waals surface area contributed by atoms with Gasteiger partial charge in [0.1, 0.15) is 6.04 Å². The number of nitrogens with zero attached hydrogens (tertiary/aromatic N) is 1. The van der Waals surface area contributed by atoms with E-state index in [9.17, 15) is 19.2 Å². The lowest BCUT2D eigenvalue weighted by molar-refractivity contribution is -0.136. The Hall–Kier alpha value is -3.18. The van der Waals surface area contributed by atoms with Crippen LogP contribution in [-0.4, -0.2) is 47.7 Å². The highest BCUT2D eigenvalue weighted by Gasteiger charge is 2.39. The monoisotopic (exact) mass is 394 g/mol. The number of rotatable bonds is 2. The standard InChI is InChI=1S/C21H22N4O4/c26-18(5-1-13-7-9-22-10-8-13)23-15-2-3-16-14(11-15)12-25(21(16)29)17-4-6-19(27)24-20(17)28/h2-3,11,13,17,22H,4,6-10,12H2,(H,23,26)(H,24,27,28). The minimum Gasteiger partial charge on any atom is -0.322 e. The summed E-state index contributed by atoms with van der Waals surface area (Å²) in [6.45, 7) is 2.11. The molecule has 0 aliphatic carbocycles. The van der Waals surface area contributed by atoms with E-state index in [1.54, 1.807) is 18.2 Å². The van der Waals surface area contributed by atoms with Gasteiger partial charge in [0, 0.05) is 30.1 Å². The number of carbonyl (C=O) groups is 4. The molecule has 2 saturated heterocycles. The van der Waals surface area contributed by atoms with Crippen molar-refractivity contribution >= 4 is 29.3 Å². The summed E-state index contributed by atoms with van der Waals surface area (Å²) >= 11 is 0. The molecule has 4 amide bonds. The molecule has 3 heterocycles. The highest BCUT2D eigenvalue weighted by molar-refractivity contribution is 6.07. The molecule has 0 aromatic heterocycles. The third kappa shape index (κ3) is 4.15. The number of hydrogen-bond acceptors (Lipinski definition) is 5. The SMILES string of the molecule is O=C(C#CC1CCNCC1)Nc1ccc2c(c1)CN(C1CCC(=O)NC1=O)C2=O. The molecule has 1 aromatic rings. The zero-order valence-electron chi connectivity index (χ0n) is 15.9. The molecule has 29 heavy (non-hydrogen) atoms. The average Bonchev–Trinajstić information content (AvgIpc) is 3.03.